The monoisotopic (exact) mass is 336 g/mol. The maximum atomic E-state index is 10.8. The first-order valence-corrected chi connectivity index (χ1v) is 8.94. The van der Waals surface area contributed by atoms with Crippen LogP contribution in [0.4, 0.5) is 0 Å². The third-order valence-corrected chi connectivity index (χ3v) is 6.71. The zero-order chi connectivity index (χ0) is 18.3. The Labute approximate surface area is 145 Å². The Hall–Kier alpha value is -1.13. The van der Waals surface area contributed by atoms with Crippen molar-refractivity contribution in [2.45, 2.75) is 72.0 Å². The van der Waals surface area contributed by atoms with Gasteiger partial charge in [0.1, 0.15) is 0 Å². The molecule has 0 unspecified atom stereocenters. The van der Waals surface area contributed by atoms with Crippen LogP contribution in [0.2, 0.25) is 0 Å². The molecule has 4 nitrogen and oxygen atoms in total. The number of hydrogen-bond acceptors (Lipinski definition) is 3. The van der Waals surface area contributed by atoms with Crippen LogP contribution < -0.4 is 0 Å². The fraction of sp³-hybridized carbons (Fsp3) is 0.750. The Morgan fingerprint density at radius 1 is 1.33 bits per heavy atom. The van der Waals surface area contributed by atoms with Gasteiger partial charge in [-0.1, -0.05) is 38.5 Å². The third-order valence-electron chi connectivity index (χ3n) is 6.71. The smallest absolute Gasteiger partial charge is 0.328 e. The predicted molar refractivity (Wildman–Crippen MR) is 94.5 cm³/mol. The first-order valence-electron chi connectivity index (χ1n) is 8.94. The van der Waals surface area contributed by atoms with Gasteiger partial charge in [0.25, 0.3) is 0 Å². The van der Waals surface area contributed by atoms with Gasteiger partial charge in [0, 0.05) is 6.08 Å². The quantitative estimate of drug-likeness (QED) is 0.542. The van der Waals surface area contributed by atoms with Crippen LogP contribution in [0.1, 0.15) is 59.8 Å². The molecule has 0 aromatic carbocycles. The zero-order valence-corrected chi connectivity index (χ0v) is 15.4. The lowest BCUT2D eigenvalue weighted by molar-refractivity contribution is -0.180. The maximum Gasteiger partial charge on any atom is 0.328 e. The number of carbonyl (C=O) groups is 1. The summed E-state index contributed by atoms with van der Waals surface area (Å²) in [4.78, 5) is 10.8. The molecule has 24 heavy (non-hydrogen) atoms. The van der Waals surface area contributed by atoms with Crippen molar-refractivity contribution in [3.05, 3.63) is 23.8 Å². The number of hydrogen-bond donors (Lipinski definition) is 3. The number of carboxylic acids is 1. The summed E-state index contributed by atoms with van der Waals surface area (Å²) >= 11 is 0. The van der Waals surface area contributed by atoms with Gasteiger partial charge in [-0.25, -0.2) is 4.79 Å². The van der Waals surface area contributed by atoms with E-state index in [0.717, 1.165) is 31.3 Å². The van der Waals surface area contributed by atoms with Gasteiger partial charge in [0.2, 0.25) is 0 Å². The lowest BCUT2D eigenvalue weighted by Gasteiger charge is -2.60. The molecular formula is C20H32O4. The van der Waals surface area contributed by atoms with E-state index in [0.29, 0.717) is 12.3 Å². The van der Waals surface area contributed by atoms with Crippen molar-refractivity contribution in [3.63, 3.8) is 0 Å². The average molecular weight is 336 g/mol. The number of aliphatic hydroxyl groups is 2. The highest BCUT2D eigenvalue weighted by Crippen LogP contribution is 2.61. The number of rotatable bonds is 4. The largest absolute Gasteiger partial charge is 0.478 e. The Morgan fingerprint density at radius 3 is 2.54 bits per heavy atom. The number of carboxylic acid groups (broad SMARTS) is 1. The Bertz CT molecular complexity index is 548. The molecule has 136 valence electrons. The van der Waals surface area contributed by atoms with E-state index in [-0.39, 0.29) is 16.7 Å². The summed E-state index contributed by atoms with van der Waals surface area (Å²) in [5, 5.41) is 29.8. The second-order valence-electron chi connectivity index (χ2n) is 8.71. The molecule has 0 aromatic rings. The highest BCUT2D eigenvalue weighted by molar-refractivity contribution is 5.80. The predicted octanol–water partition coefficient (Wildman–Crippen LogP) is 3.54. The molecule has 0 heterocycles. The van der Waals surface area contributed by atoms with E-state index in [2.05, 4.69) is 27.4 Å². The summed E-state index contributed by atoms with van der Waals surface area (Å²) in [5.74, 6) is -0.339. The van der Waals surface area contributed by atoms with E-state index >= 15 is 0 Å². The van der Waals surface area contributed by atoms with Crippen LogP contribution in [-0.2, 0) is 4.79 Å². The van der Waals surface area contributed by atoms with E-state index in [1.807, 2.05) is 6.92 Å². The van der Waals surface area contributed by atoms with E-state index in [1.165, 1.54) is 11.6 Å². The van der Waals surface area contributed by atoms with Crippen LogP contribution in [0.15, 0.2) is 23.8 Å². The molecule has 0 spiro atoms. The summed E-state index contributed by atoms with van der Waals surface area (Å²) in [6, 6.07) is 0. The number of aliphatic hydroxyl groups excluding tert-OH is 2. The van der Waals surface area contributed by atoms with Crippen molar-refractivity contribution in [2.75, 3.05) is 0 Å². The van der Waals surface area contributed by atoms with E-state index in [1.54, 1.807) is 0 Å². The molecular weight excluding hydrogens is 304 g/mol. The normalized spacial score (nSPS) is 39.4. The fourth-order valence-electron chi connectivity index (χ4n) is 5.50. The Morgan fingerprint density at radius 2 is 1.96 bits per heavy atom. The molecule has 0 saturated heterocycles. The van der Waals surface area contributed by atoms with Crippen LogP contribution in [0.3, 0.4) is 0 Å². The van der Waals surface area contributed by atoms with Gasteiger partial charge < -0.3 is 15.3 Å². The van der Waals surface area contributed by atoms with Gasteiger partial charge in [0.05, 0.1) is 12.2 Å². The molecule has 0 radical (unpaired) electrons. The summed E-state index contributed by atoms with van der Waals surface area (Å²) in [6.07, 6.45) is 3.94. The van der Waals surface area contributed by atoms with Gasteiger partial charge in [0.15, 0.2) is 0 Å². The lowest BCUT2D eigenvalue weighted by atomic mass is 9.46. The van der Waals surface area contributed by atoms with Crippen molar-refractivity contribution >= 4 is 5.97 Å². The second-order valence-corrected chi connectivity index (χ2v) is 8.71. The van der Waals surface area contributed by atoms with E-state index in [4.69, 9.17) is 5.11 Å². The number of aliphatic carboxylic acids is 1. The molecule has 2 rings (SSSR count). The van der Waals surface area contributed by atoms with Crippen molar-refractivity contribution < 1.29 is 20.1 Å². The number of fused-ring (bicyclic) bond motifs is 1. The minimum Gasteiger partial charge on any atom is -0.478 e. The van der Waals surface area contributed by atoms with Gasteiger partial charge >= 0.3 is 5.97 Å². The molecule has 3 N–H and O–H groups in total. The first-order chi connectivity index (χ1) is 11.0. The molecule has 2 fully saturated rings. The van der Waals surface area contributed by atoms with Gasteiger partial charge in [-0.05, 0) is 61.7 Å². The summed E-state index contributed by atoms with van der Waals surface area (Å²) in [5.41, 5.74) is 1.62. The molecule has 4 heteroatoms. The van der Waals surface area contributed by atoms with E-state index < -0.39 is 18.2 Å². The summed E-state index contributed by atoms with van der Waals surface area (Å²) < 4.78 is 0. The fourth-order valence-corrected chi connectivity index (χ4v) is 5.50. The van der Waals surface area contributed by atoms with Crippen molar-refractivity contribution in [1.82, 2.24) is 0 Å². The van der Waals surface area contributed by atoms with Gasteiger partial charge in [-0.2, -0.15) is 0 Å². The van der Waals surface area contributed by atoms with Crippen LogP contribution >= 0.6 is 0 Å². The van der Waals surface area contributed by atoms with Crippen LogP contribution in [0.25, 0.3) is 0 Å². The minimum atomic E-state index is -0.906. The second kappa shape index (κ2) is 6.64. The van der Waals surface area contributed by atoms with E-state index in [9.17, 15) is 15.0 Å². The highest BCUT2D eigenvalue weighted by Gasteiger charge is 2.58. The standard InChI is InChI=1S/C20H32O4/c1-12(10-17(22)23)6-8-14-13(2)7-9-16-19(3,4)18(24)15(21)11-20(14,16)5/h10,14-16,18,21,24H,2,6-9,11H2,1,3-5H3,(H,22,23)/b12-10-/t14-,15-,16+,18-,20+/m0/s1. The number of allylic oxidation sites excluding steroid dienone is 2. The van der Waals surface area contributed by atoms with Gasteiger partial charge in [-0.3, -0.25) is 0 Å². The Balaban J connectivity index is 2.27. The molecule has 0 aliphatic heterocycles. The molecule has 0 bridgehead atoms. The van der Waals surface area contributed by atoms with Crippen molar-refractivity contribution in [3.8, 4) is 0 Å². The highest BCUT2D eigenvalue weighted by atomic mass is 16.4. The summed E-state index contributed by atoms with van der Waals surface area (Å²) in [7, 11) is 0. The van der Waals surface area contributed by atoms with Gasteiger partial charge in [-0.15, -0.1) is 0 Å². The molecule has 5 atom stereocenters. The third kappa shape index (κ3) is 3.31. The summed E-state index contributed by atoms with van der Waals surface area (Å²) in [6.45, 7) is 12.5. The molecule has 0 aromatic heterocycles. The Kier molecular flexibility index (Phi) is 5.31. The SMILES string of the molecule is C=C1CC[C@@H]2C(C)(C)[C@@H](O)[C@@H](O)C[C@]2(C)[C@H]1CC/C(C)=C\C(=O)O. The average Bonchev–Trinajstić information content (AvgIpc) is 2.43. The topological polar surface area (TPSA) is 77.8 Å². The van der Waals surface area contributed by atoms with Crippen LogP contribution in [-0.4, -0.2) is 33.5 Å². The zero-order valence-electron chi connectivity index (χ0n) is 15.4. The van der Waals surface area contributed by atoms with Crippen molar-refractivity contribution in [1.29, 1.82) is 0 Å². The van der Waals surface area contributed by atoms with Crippen LogP contribution in [0.5, 0.6) is 0 Å². The maximum absolute atomic E-state index is 10.8. The lowest BCUT2D eigenvalue weighted by Crippen LogP contribution is -2.60. The molecule has 2 saturated carbocycles. The van der Waals surface area contributed by atoms with Crippen molar-refractivity contribution in [2.24, 2.45) is 22.7 Å². The van der Waals surface area contributed by atoms with Crippen LogP contribution in [0, 0.1) is 22.7 Å². The first kappa shape index (κ1) is 19.2. The minimum absolute atomic E-state index is 0.110. The molecule has 2 aliphatic carbocycles. The molecule has 2 aliphatic rings. The molecule has 0 amide bonds.